The maximum Gasteiger partial charge on any atom is 0.349 e. The highest BCUT2D eigenvalue weighted by molar-refractivity contribution is 9.10. The van der Waals surface area contributed by atoms with E-state index in [4.69, 9.17) is 21.1 Å². The monoisotopic (exact) mass is 513 g/mol. The van der Waals surface area contributed by atoms with Crippen LogP contribution in [0.2, 0.25) is 5.02 Å². The van der Waals surface area contributed by atoms with E-state index in [-0.39, 0.29) is 6.61 Å². The molecule has 0 aliphatic carbocycles. The summed E-state index contributed by atoms with van der Waals surface area (Å²) in [5, 5.41) is 5.06. The van der Waals surface area contributed by atoms with E-state index in [2.05, 4.69) is 26.0 Å². The second-order valence-electron chi connectivity index (χ2n) is 6.74. The normalized spacial score (nSPS) is 11.2. The van der Waals surface area contributed by atoms with Crippen LogP contribution in [-0.2, 0) is 6.61 Å². The molecule has 0 unspecified atom stereocenters. The molecular formula is C23H17BrClN3O4. The molecule has 9 heteroatoms. The van der Waals surface area contributed by atoms with Crippen molar-refractivity contribution in [2.75, 3.05) is 7.11 Å². The van der Waals surface area contributed by atoms with Crippen LogP contribution in [0.25, 0.3) is 10.9 Å². The number of aromatic nitrogens is 2. The molecule has 32 heavy (non-hydrogen) atoms. The Morgan fingerprint density at radius 1 is 1.09 bits per heavy atom. The summed E-state index contributed by atoms with van der Waals surface area (Å²) >= 11 is 9.66. The first kappa shape index (κ1) is 21.9. The molecule has 0 saturated carbocycles. The molecule has 0 amide bonds. The lowest BCUT2D eigenvalue weighted by molar-refractivity contribution is 0.284. The Kier molecular flexibility index (Phi) is 6.43. The fourth-order valence-electron chi connectivity index (χ4n) is 3.07. The van der Waals surface area contributed by atoms with E-state index in [9.17, 15) is 9.59 Å². The number of rotatable bonds is 6. The van der Waals surface area contributed by atoms with E-state index in [0.717, 1.165) is 10.2 Å². The zero-order chi connectivity index (χ0) is 22.7. The third-order valence-corrected chi connectivity index (χ3v) is 5.78. The number of aromatic amines is 1. The van der Waals surface area contributed by atoms with Crippen LogP contribution in [-0.4, -0.2) is 23.0 Å². The van der Waals surface area contributed by atoms with E-state index >= 15 is 0 Å². The van der Waals surface area contributed by atoms with E-state index < -0.39 is 11.2 Å². The lowest BCUT2D eigenvalue weighted by atomic mass is 10.2. The lowest BCUT2D eigenvalue weighted by Crippen LogP contribution is -2.32. The summed E-state index contributed by atoms with van der Waals surface area (Å²) in [5.41, 5.74) is 0.743. The lowest BCUT2D eigenvalue weighted by Gasteiger charge is -2.13. The second-order valence-corrected chi connectivity index (χ2v) is 8.00. The molecule has 0 aliphatic rings. The van der Waals surface area contributed by atoms with E-state index in [1.165, 1.54) is 13.3 Å². The second kappa shape index (κ2) is 9.42. The molecule has 0 atom stereocenters. The standard InChI is InChI=1S/C23H17BrClN3O4/c1-31-20-10-15(17(24)11-21(20)32-13-14-6-2-4-8-18(14)25)12-26-28-22(29)16-7-3-5-9-19(16)27-23(28)30/h2-12H,13H2,1H3,(H,27,30). The van der Waals surface area contributed by atoms with Gasteiger partial charge in [0, 0.05) is 20.6 Å². The number of para-hydroxylation sites is 1. The summed E-state index contributed by atoms with van der Waals surface area (Å²) in [4.78, 5) is 27.6. The van der Waals surface area contributed by atoms with Gasteiger partial charge < -0.3 is 14.5 Å². The van der Waals surface area contributed by atoms with E-state index in [1.807, 2.05) is 18.2 Å². The number of nitrogens with one attached hydrogen (secondary N) is 1. The smallest absolute Gasteiger partial charge is 0.349 e. The molecule has 0 saturated heterocycles. The number of halogens is 2. The fourth-order valence-corrected chi connectivity index (χ4v) is 3.69. The maximum absolute atomic E-state index is 12.6. The number of H-pyrrole nitrogens is 1. The molecule has 0 spiro atoms. The summed E-state index contributed by atoms with van der Waals surface area (Å²) in [6.45, 7) is 0.262. The van der Waals surface area contributed by atoms with Gasteiger partial charge in [-0.05, 0) is 46.3 Å². The van der Waals surface area contributed by atoms with E-state index in [1.54, 1.807) is 42.5 Å². The van der Waals surface area contributed by atoms with Crippen molar-refractivity contribution in [3.8, 4) is 11.5 Å². The van der Waals surface area contributed by atoms with Gasteiger partial charge >= 0.3 is 5.69 Å². The third kappa shape index (κ3) is 4.46. The number of nitrogens with zero attached hydrogens (tertiary/aromatic N) is 2. The molecule has 1 heterocycles. The molecule has 7 nitrogen and oxygen atoms in total. The van der Waals surface area contributed by atoms with Gasteiger partial charge in [-0.2, -0.15) is 5.10 Å². The van der Waals surface area contributed by atoms with Crippen molar-refractivity contribution in [2.45, 2.75) is 6.61 Å². The van der Waals surface area contributed by atoms with Crippen molar-refractivity contribution < 1.29 is 9.47 Å². The van der Waals surface area contributed by atoms with Crippen molar-refractivity contribution in [3.05, 3.63) is 102 Å². The number of ether oxygens (including phenoxy) is 2. The SMILES string of the molecule is COc1cc(C=Nn2c(=O)[nH]c3ccccc3c2=O)c(Br)cc1OCc1ccccc1Cl. The van der Waals surface area contributed by atoms with Crippen LogP contribution < -0.4 is 20.7 Å². The minimum Gasteiger partial charge on any atom is -0.493 e. The minimum absolute atomic E-state index is 0.262. The zero-order valence-electron chi connectivity index (χ0n) is 16.8. The largest absolute Gasteiger partial charge is 0.493 e. The van der Waals surface area contributed by atoms with Gasteiger partial charge in [0.25, 0.3) is 5.56 Å². The molecule has 3 aromatic carbocycles. The molecule has 4 rings (SSSR count). The average Bonchev–Trinajstić information content (AvgIpc) is 2.79. The van der Waals surface area contributed by atoms with Gasteiger partial charge in [0.2, 0.25) is 0 Å². The first-order valence-electron chi connectivity index (χ1n) is 9.50. The highest BCUT2D eigenvalue weighted by atomic mass is 79.9. The third-order valence-electron chi connectivity index (χ3n) is 4.72. The van der Waals surface area contributed by atoms with Crippen molar-refractivity contribution >= 4 is 44.6 Å². The summed E-state index contributed by atoms with van der Waals surface area (Å²) in [6.07, 6.45) is 1.40. The Hall–Kier alpha value is -3.36. The van der Waals surface area contributed by atoms with Gasteiger partial charge in [-0.1, -0.05) is 41.9 Å². The Morgan fingerprint density at radius 3 is 2.62 bits per heavy atom. The molecule has 0 aliphatic heterocycles. The van der Waals surface area contributed by atoms with Crippen molar-refractivity contribution in [3.63, 3.8) is 0 Å². The Morgan fingerprint density at radius 2 is 1.84 bits per heavy atom. The predicted molar refractivity (Wildman–Crippen MR) is 128 cm³/mol. The molecule has 1 aromatic heterocycles. The highest BCUT2D eigenvalue weighted by Crippen LogP contribution is 2.34. The van der Waals surface area contributed by atoms with Crippen molar-refractivity contribution in [1.82, 2.24) is 9.66 Å². The number of methoxy groups -OCH3 is 1. The first-order valence-corrected chi connectivity index (χ1v) is 10.7. The highest BCUT2D eigenvalue weighted by Gasteiger charge is 2.12. The average molecular weight is 515 g/mol. The summed E-state index contributed by atoms with van der Waals surface area (Å²) in [6, 6.07) is 17.6. The molecule has 162 valence electrons. The Bertz CT molecular complexity index is 1450. The summed E-state index contributed by atoms with van der Waals surface area (Å²) in [7, 11) is 1.52. The summed E-state index contributed by atoms with van der Waals surface area (Å²) in [5.74, 6) is 0.957. The van der Waals surface area contributed by atoms with Crippen LogP contribution in [0.5, 0.6) is 11.5 Å². The molecular weight excluding hydrogens is 498 g/mol. The van der Waals surface area contributed by atoms with E-state index in [0.29, 0.717) is 37.5 Å². The molecule has 0 radical (unpaired) electrons. The van der Waals surface area contributed by atoms with Crippen LogP contribution in [0.15, 0.2) is 79.8 Å². The van der Waals surface area contributed by atoms with Gasteiger partial charge in [0.05, 0.1) is 24.2 Å². The summed E-state index contributed by atoms with van der Waals surface area (Å²) < 4.78 is 12.7. The molecule has 1 N–H and O–H groups in total. The molecule has 0 bridgehead atoms. The van der Waals surface area contributed by atoms with Crippen molar-refractivity contribution in [2.24, 2.45) is 5.10 Å². The quantitative estimate of drug-likeness (QED) is 0.382. The topological polar surface area (TPSA) is 85.7 Å². The van der Waals surface area contributed by atoms with Crippen LogP contribution in [0.4, 0.5) is 0 Å². The van der Waals surface area contributed by atoms with Gasteiger partial charge in [0.15, 0.2) is 11.5 Å². The first-order chi connectivity index (χ1) is 15.5. The molecule has 4 aromatic rings. The minimum atomic E-state index is -0.632. The van der Waals surface area contributed by atoms with Gasteiger partial charge in [-0.3, -0.25) is 4.79 Å². The number of hydrogen-bond acceptors (Lipinski definition) is 5. The Balaban J connectivity index is 1.65. The van der Waals surface area contributed by atoms with Crippen molar-refractivity contribution in [1.29, 1.82) is 0 Å². The van der Waals surface area contributed by atoms with Gasteiger partial charge in [-0.25, -0.2) is 4.79 Å². The van der Waals surface area contributed by atoms with Gasteiger partial charge in [-0.15, -0.1) is 4.68 Å². The zero-order valence-corrected chi connectivity index (χ0v) is 19.2. The number of hydrogen-bond donors (Lipinski definition) is 1. The van der Waals surface area contributed by atoms with Crippen LogP contribution in [0, 0.1) is 0 Å². The number of fused-ring (bicyclic) bond motifs is 1. The van der Waals surface area contributed by atoms with Crippen LogP contribution in [0.1, 0.15) is 11.1 Å². The maximum atomic E-state index is 12.6. The molecule has 0 fully saturated rings. The fraction of sp³-hybridized carbons (Fsp3) is 0.0870. The van der Waals surface area contributed by atoms with Crippen LogP contribution in [0.3, 0.4) is 0 Å². The number of benzene rings is 3. The Labute approximate surface area is 196 Å². The van der Waals surface area contributed by atoms with Crippen LogP contribution >= 0.6 is 27.5 Å². The predicted octanol–water partition coefficient (Wildman–Crippen LogP) is 4.58. The van der Waals surface area contributed by atoms with Gasteiger partial charge in [0.1, 0.15) is 6.61 Å².